The highest BCUT2D eigenvalue weighted by Crippen LogP contribution is 2.37. The van der Waals surface area contributed by atoms with Crippen LogP contribution in [0.3, 0.4) is 0 Å². The normalized spacial score (nSPS) is 38.5. The lowest BCUT2D eigenvalue weighted by Crippen LogP contribution is -2.46. The molecule has 3 heteroatoms. The van der Waals surface area contributed by atoms with Gasteiger partial charge in [0, 0.05) is 23.9 Å². The van der Waals surface area contributed by atoms with Gasteiger partial charge in [-0.1, -0.05) is 0 Å². The van der Waals surface area contributed by atoms with Crippen LogP contribution < -0.4 is 5.32 Å². The first-order valence-corrected chi connectivity index (χ1v) is 5.01. The maximum absolute atomic E-state index is 11.6. The number of fused-ring (bicyclic) bond motifs is 1. The molecule has 1 N–H and O–H groups in total. The molecule has 0 saturated carbocycles. The summed E-state index contributed by atoms with van der Waals surface area (Å²) in [6.07, 6.45) is 1.02. The lowest BCUT2D eigenvalue weighted by Gasteiger charge is -2.36. The van der Waals surface area contributed by atoms with Crippen LogP contribution in [-0.2, 0) is 4.79 Å². The van der Waals surface area contributed by atoms with Gasteiger partial charge in [-0.3, -0.25) is 4.79 Å². The molecule has 0 aromatic rings. The Balaban J connectivity index is 2.21. The Morgan fingerprint density at radius 2 is 2.23 bits per heavy atom. The van der Waals surface area contributed by atoms with Crippen LogP contribution in [0.2, 0.25) is 0 Å². The van der Waals surface area contributed by atoms with Gasteiger partial charge in [0.15, 0.2) is 0 Å². The third-order valence-corrected chi connectivity index (χ3v) is 3.53. The minimum Gasteiger partial charge on any atom is -0.351 e. The molecule has 0 aliphatic carbocycles. The van der Waals surface area contributed by atoms with Crippen LogP contribution in [0.1, 0.15) is 20.3 Å². The van der Waals surface area contributed by atoms with Gasteiger partial charge in [-0.05, 0) is 33.9 Å². The Kier molecular flexibility index (Phi) is 1.88. The van der Waals surface area contributed by atoms with Crippen molar-refractivity contribution in [3.63, 3.8) is 0 Å². The van der Waals surface area contributed by atoms with Crippen LogP contribution >= 0.6 is 0 Å². The van der Waals surface area contributed by atoms with E-state index in [2.05, 4.69) is 31.1 Å². The maximum atomic E-state index is 11.6. The average molecular weight is 182 g/mol. The molecule has 13 heavy (non-hydrogen) atoms. The van der Waals surface area contributed by atoms with Gasteiger partial charge >= 0.3 is 0 Å². The highest BCUT2D eigenvalue weighted by Gasteiger charge is 2.48. The smallest absolute Gasteiger partial charge is 0.223 e. The molecule has 0 spiro atoms. The molecule has 2 aliphatic rings. The third kappa shape index (κ3) is 1.35. The maximum Gasteiger partial charge on any atom is 0.223 e. The Bertz CT molecular complexity index is 237. The first-order valence-electron chi connectivity index (χ1n) is 5.01. The highest BCUT2D eigenvalue weighted by atomic mass is 16.2. The van der Waals surface area contributed by atoms with E-state index in [9.17, 15) is 4.79 Å². The van der Waals surface area contributed by atoms with E-state index in [0.29, 0.717) is 5.92 Å². The van der Waals surface area contributed by atoms with Crippen molar-refractivity contribution >= 4 is 5.91 Å². The lowest BCUT2D eigenvalue weighted by molar-refractivity contribution is -0.124. The summed E-state index contributed by atoms with van der Waals surface area (Å²) in [5, 5.41) is 3.09. The zero-order valence-electron chi connectivity index (χ0n) is 8.63. The standard InChI is InChI=1S/C10H18N2O/c1-10(2)8-6-12(3)5-4-7(8)9(13)11-10/h7-8H,4-6H2,1-3H3,(H,11,13). The molecule has 2 aliphatic heterocycles. The molecule has 2 atom stereocenters. The van der Waals surface area contributed by atoms with Crippen molar-refractivity contribution in [1.82, 2.24) is 10.2 Å². The second-order valence-corrected chi connectivity index (χ2v) is 4.97. The van der Waals surface area contributed by atoms with Crippen LogP contribution in [0, 0.1) is 11.8 Å². The largest absolute Gasteiger partial charge is 0.351 e. The summed E-state index contributed by atoms with van der Waals surface area (Å²) in [5.74, 6) is 1.04. The summed E-state index contributed by atoms with van der Waals surface area (Å²) in [6, 6.07) is 0. The Morgan fingerprint density at radius 1 is 1.54 bits per heavy atom. The van der Waals surface area contributed by atoms with Crippen LogP contribution in [0.15, 0.2) is 0 Å². The molecular formula is C10H18N2O. The first-order chi connectivity index (χ1) is 6.00. The zero-order chi connectivity index (χ0) is 9.64. The van der Waals surface area contributed by atoms with E-state index >= 15 is 0 Å². The van der Waals surface area contributed by atoms with Crippen LogP contribution in [0.5, 0.6) is 0 Å². The minimum absolute atomic E-state index is 0.00354. The number of piperidine rings is 1. The number of hydrogen-bond acceptors (Lipinski definition) is 2. The number of carbonyl (C=O) groups excluding carboxylic acids is 1. The molecule has 3 nitrogen and oxygen atoms in total. The number of likely N-dealkylation sites (tertiary alicyclic amines) is 1. The Morgan fingerprint density at radius 3 is 2.92 bits per heavy atom. The van der Waals surface area contributed by atoms with Crippen molar-refractivity contribution in [2.45, 2.75) is 25.8 Å². The molecule has 0 bridgehead atoms. The summed E-state index contributed by atoms with van der Waals surface area (Å²) in [7, 11) is 2.13. The predicted octanol–water partition coefficient (Wildman–Crippen LogP) is 0.463. The van der Waals surface area contributed by atoms with Crippen LogP contribution in [0.25, 0.3) is 0 Å². The molecule has 74 valence electrons. The number of hydrogen-bond donors (Lipinski definition) is 1. The molecule has 1 amide bonds. The monoisotopic (exact) mass is 182 g/mol. The van der Waals surface area contributed by atoms with Gasteiger partial charge in [-0.15, -0.1) is 0 Å². The van der Waals surface area contributed by atoms with Gasteiger partial charge in [0.1, 0.15) is 0 Å². The van der Waals surface area contributed by atoms with E-state index in [0.717, 1.165) is 19.5 Å². The SMILES string of the molecule is CN1CCC2C(=O)NC(C)(C)C2C1. The van der Waals surface area contributed by atoms with Crippen molar-refractivity contribution in [3.05, 3.63) is 0 Å². The van der Waals surface area contributed by atoms with Gasteiger partial charge < -0.3 is 10.2 Å². The molecule has 2 rings (SSSR count). The van der Waals surface area contributed by atoms with Crippen molar-refractivity contribution in [1.29, 1.82) is 0 Å². The molecule has 2 fully saturated rings. The van der Waals surface area contributed by atoms with Crippen LogP contribution in [0.4, 0.5) is 0 Å². The number of nitrogens with zero attached hydrogens (tertiary/aromatic N) is 1. The summed E-state index contributed by atoms with van der Waals surface area (Å²) in [6.45, 7) is 6.38. The summed E-state index contributed by atoms with van der Waals surface area (Å²) < 4.78 is 0. The van der Waals surface area contributed by atoms with Gasteiger partial charge in [0.25, 0.3) is 0 Å². The van der Waals surface area contributed by atoms with E-state index < -0.39 is 0 Å². The van der Waals surface area contributed by atoms with E-state index in [1.54, 1.807) is 0 Å². The summed E-state index contributed by atoms with van der Waals surface area (Å²) >= 11 is 0. The molecular weight excluding hydrogens is 164 g/mol. The fourth-order valence-corrected chi connectivity index (χ4v) is 2.66. The van der Waals surface area contributed by atoms with Gasteiger partial charge in [-0.2, -0.15) is 0 Å². The number of carbonyl (C=O) groups is 1. The third-order valence-electron chi connectivity index (χ3n) is 3.53. The minimum atomic E-state index is -0.00354. The van der Waals surface area contributed by atoms with Gasteiger partial charge in [0.2, 0.25) is 5.91 Å². The van der Waals surface area contributed by atoms with Crippen LogP contribution in [-0.4, -0.2) is 36.5 Å². The second-order valence-electron chi connectivity index (χ2n) is 4.97. The first kappa shape index (κ1) is 9.00. The van der Waals surface area contributed by atoms with Crippen molar-refractivity contribution in [2.75, 3.05) is 20.1 Å². The van der Waals surface area contributed by atoms with E-state index in [1.807, 2.05) is 0 Å². The van der Waals surface area contributed by atoms with Gasteiger partial charge in [0.05, 0.1) is 0 Å². The number of amides is 1. The molecule has 0 radical (unpaired) electrons. The molecule has 2 saturated heterocycles. The fraction of sp³-hybridized carbons (Fsp3) is 0.900. The molecule has 0 aromatic heterocycles. The van der Waals surface area contributed by atoms with Crippen molar-refractivity contribution in [3.8, 4) is 0 Å². The summed E-state index contributed by atoms with van der Waals surface area (Å²) in [4.78, 5) is 13.9. The van der Waals surface area contributed by atoms with E-state index in [-0.39, 0.29) is 17.4 Å². The quantitative estimate of drug-likeness (QED) is 0.590. The second kappa shape index (κ2) is 2.71. The topological polar surface area (TPSA) is 32.3 Å². The molecule has 2 unspecified atom stereocenters. The van der Waals surface area contributed by atoms with Crippen molar-refractivity contribution < 1.29 is 4.79 Å². The molecule has 2 heterocycles. The number of rotatable bonds is 0. The zero-order valence-corrected chi connectivity index (χ0v) is 8.63. The van der Waals surface area contributed by atoms with Crippen molar-refractivity contribution in [2.24, 2.45) is 11.8 Å². The Labute approximate surface area is 79.5 Å². The highest BCUT2D eigenvalue weighted by molar-refractivity contribution is 5.82. The lowest BCUT2D eigenvalue weighted by atomic mass is 9.78. The summed E-state index contributed by atoms with van der Waals surface area (Å²) in [5.41, 5.74) is -0.00354. The molecule has 0 aromatic carbocycles. The fourth-order valence-electron chi connectivity index (χ4n) is 2.66. The predicted molar refractivity (Wildman–Crippen MR) is 51.3 cm³/mol. The Hall–Kier alpha value is -0.570. The van der Waals surface area contributed by atoms with Gasteiger partial charge in [-0.25, -0.2) is 0 Å². The average Bonchev–Trinajstić information content (AvgIpc) is 2.23. The van der Waals surface area contributed by atoms with E-state index in [4.69, 9.17) is 0 Å². The van der Waals surface area contributed by atoms with E-state index in [1.165, 1.54) is 0 Å². The number of nitrogens with one attached hydrogen (secondary N) is 1.